The maximum absolute atomic E-state index is 11.9. The molecule has 0 bridgehead atoms. The largest absolute Gasteiger partial charge is 0.495 e. The van der Waals surface area contributed by atoms with Gasteiger partial charge in [-0.15, -0.1) is 0 Å². The van der Waals surface area contributed by atoms with Crippen LogP contribution in [-0.2, 0) is 19.1 Å². The molecule has 0 fully saturated rings. The number of esters is 1. The minimum Gasteiger partial charge on any atom is -0.495 e. The second-order valence-corrected chi connectivity index (χ2v) is 4.82. The summed E-state index contributed by atoms with van der Waals surface area (Å²) in [5.41, 5.74) is 6.22. The first-order chi connectivity index (χ1) is 11.0. The number of methoxy groups -OCH3 is 1. The number of hydrogen-bond donors (Lipinski definition) is 3. The minimum atomic E-state index is -0.726. The van der Waals surface area contributed by atoms with E-state index in [0.29, 0.717) is 11.4 Å². The molecule has 8 heteroatoms. The van der Waals surface area contributed by atoms with Gasteiger partial charge in [0, 0.05) is 6.42 Å². The number of aryl methyl sites for hydroxylation is 1. The summed E-state index contributed by atoms with van der Waals surface area (Å²) in [5, 5.41) is 2.62. The third kappa shape index (κ3) is 4.47. The first kappa shape index (κ1) is 16.3. The van der Waals surface area contributed by atoms with E-state index in [0.717, 1.165) is 5.56 Å². The van der Waals surface area contributed by atoms with Crippen LogP contribution in [0.1, 0.15) is 12.0 Å². The average Bonchev–Trinajstić information content (AvgIpc) is 2.53. The Morgan fingerprint density at radius 3 is 2.74 bits per heavy atom. The Morgan fingerprint density at radius 1 is 1.30 bits per heavy atom. The smallest absolute Gasteiger partial charge is 0.356 e. The van der Waals surface area contributed by atoms with Crippen molar-refractivity contribution >= 4 is 23.5 Å². The SMILES string of the molecule is COc1ccc(C)cc1NC(=O)COC(=O)C1=CCC(=O)NN1. The number of rotatable bonds is 5. The van der Waals surface area contributed by atoms with Gasteiger partial charge in [0.05, 0.1) is 12.8 Å². The second-order valence-electron chi connectivity index (χ2n) is 4.82. The number of amides is 2. The van der Waals surface area contributed by atoms with E-state index in [4.69, 9.17) is 9.47 Å². The van der Waals surface area contributed by atoms with Crippen LogP contribution in [0.3, 0.4) is 0 Å². The molecule has 0 saturated carbocycles. The van der Waals surface area contributed by atoms with Crippen molar-refractivity contribution in [2.45, 2.75) is 13.3 Å². The highest BCUT2D eigenvalue weighted by Crippen LogP contribution is 2.24. The van der Waals surface area contributed by atoms with Crippen molar-refractivity contribution < 1.29 is 23.9 Å². The van der Waals surface area contributed by atoms with Gasteiger partial charge in [0.25, 0.3) is 5.91 Å². The summed E-state index contributed by atoms with van der Waals surface area (Å²) < 4.78 is 10.0. The third-order valence-corrected chi connectivity index (χ3v) is 3.01. The number of carbonyl (C=O) groups excluding carboxylic acids is 3. The van der Waals surface area contributed by atoms with E-state index in [1.54, 1.807) is 12.1 Å². The van der Waals surface area contributed by atoms with Crippen LogP contribution in [0.4, 0.5) is 5.69 Å². The van der Waals surface area contributed by atoms with E-state index in [1.165, 1.54) is 13.2 Å². The van der Waals surface area contributed by atoms with Gasteiger partial charge in [0.15, 0.2) is 6.61 Å². The first-order valence-corrected chi connectivity index (χ1v) is 6.86. The Balaban J connectivity index is 1.89. The highest BCUT2D eigenvalue weighted by Gasteiger charge is 2.18. The van der Waals surface area contributed by atoms with Gasteiger partial charge in [-0.05, 0) is 30.7 Å². The lowest BCUT2D eigenvalue weighted by molar-refractivity contribution is -0.144. The lowest BCUT2D eigenvalue weighted by atomic mass is 10.2. The highest BCUT2D eigenvalue weighted by atomic mass is 16.5. The molecule has 122 valence electrons. The fourth-order valence-electron chi connectivity index (χ4n) is 1.88. The van der Waals surface area contributed by atoms with Gasteiger partial charge in [0.1, 0.15) is 11.4 Å². The minimum absolute atomic E-state index is 0.0735. The number of hydrogen-bond acceptors (Lipinski definition) is 6. The van der Waals surface area contributed by atoms with Crippen molar-refractivity contribution in [2.75, 3.05) is 19.0 Å². The number of benzene rings is 1. The van der Waals surface area contributed by atoms with E-state index in [9.17, 15) is 14.4 Å². The molecule has 0 saturated heterocycles. The molecule has 1 aliphatic rings. The summed E-state index contributed by atoms with van der Waals surface area (Å²) in [7, 11) is 1.50. The molecular weight excluding hydrogens is 302 g/mol. The predicted molar refractivity (Wildman–Crippen MR) is 81.3 cm³/mol. The molecule has 0 unspecified atom stereocenters. The molecule has 8 nitrogen and oxygen atoms in total. The van der Waals surface area contributed by atoms with Crippen molar-refractivity contribution in [3.8, 4) is 5.75 Å². The molecule has 2 rings (SSSR count). The lowest BCUT2D eigenvalue weighted by Gasteiger charge is -2.15. The molecule has 3 N–H and O–H groups in total. The van der Waals surface area contributed by atoms with Gasteiger partial charge in [-0.1, -0.05) is 6.07 Å². The third-order valence-electron chi connectivity index (χ3n) is 3.01. The zero-order valence-electron chi connectivity index (χ0n) is 12.8. The van der Waals surface area contributed by atoms with Crippen LogP contribution < -0.4 is 20.9 Å². The second kappa shape index (κ2) is 7.30. The Kier molecular flexibility index (Phi) is 5.19. The van der Waals surface area contributed by atoms with Crippen molar-refractivity contribution in [3.05, 3.63) is 35.5 Å². The van der Waals surface area contributed by atoms with Crippen LogP contribution in [0, 0.1) is 6.92 Å². The standard InChI is InChI=1S/C15H17N3O5/c1-9-3-5-12(22-2)11(7-9)16-14(20)8-23-15(21)10-4-6-13(19)18-17-10/h3-5,7,17H,6,8H2,1-2H3,(H,16,20)(H,18,19). The zero-order valence-corrected chi connectivity index (χ0v) is 12.8. The molecule has 1 heterocycles. The van der Waals surface area contributed by atoms with E-state index in [-0.39, 0.29) is 18.0 Å². The maximum Gasteiger partial charge on any atom is 0.356 e. The van der Waals surface area contributed by atoms with Gasteiger partial charge in [-0.25, -0.2) is 4.79 Å². The zero-order chi connectivity index (χ0) is 16.8. The van der Waals surface area contributed by atoms with Crippen molar-refractivity contribution in [1.82, 2.24) is 10.9 Å². The lowest BCUT2D eigenvalue weighted by Crippen LogP contribution is -2.42. The summed E-state index contributed by atoms with van der Waals surface area (Å²) >= 11 is 0. The summed E-state index contributed by atoms with van der Waals surface area (Å²) in [6.45, 7) is 1.42. The number of nitrogens with one attached hydrogen (secondary N) is 3. The predicted octanol–water partition coefficient (Wildman–Crippen LogP) is 0.394. The summed E-state index contributed by atoms with van der Waals surface area (Å²) in [6.07, 6.45) is 1.47. The molecule has 0 radical (unpaired) electrons. The number of ether oxygens (including phenoxy) is 2. The van der Waals surface area contributed by atoms with Gasteiger partial charge in [-0.3, -0.25) is 20.4 Å². The molecule has 23 heavy (non-hydrogen) atoms. The van der Waals surface area contributed by atoms with Crippen molar-refractivity contribution in [1.29, 1.82) is 0 Å². The maximum atomic E-state index is 11.9. The molecule has 0 aromatic heterocycles. The van der Waals surface area contributed by atoms with Crippen molar-refractivity contribution in [2.24, 2.45) is 0 Å². The molecule has 1 aromatic carbocycles. The number of carbonyl (C=O) groups is 3. The van der Waals surface area contributed by atoms with E-state index < -0.39 is 18.5 Å². The summed E-state index contributed by atoms with van der Waals surface area (Å²) in [4.78, 5) is 34.5. The van der Waals surface area contributed by atoms with Crippen LogP contribution in [0.5, 0.6) is 5.75 Å². The van der Waals surface area contributed by atoms with Gasteiger partial charge in [-0.2, -0.15) is 0 Å². The summed E-state index contributed by atoms with van der Waals surface area (Å²) in [6, 6.07) is 5.33. The molecule has 0 atom stereocenters. The van der Waals surface area contributed by atoms with Crippen LogP contribution in [0.2, 0.25) is 0 Å². The quantitative estimate of drug-likeness (QED) is 0.678. The van der Waals surface area contributed by atoms with Gasteiger partial charge >= 0.3 is 5.97 Å². The van der Waals surface area contributed by atoms with Gasteiger partial charge < -0.3 is 14.8 Å². The van der Waals surface area contributed by atoms with Gasteiger partial charge in [0.2, 0.25) is 5.91 Å². The molecule has 1 aromatic rings. The van der Waals surface area contributed by atoms with E-state index >= 15 is 0 Å². The Morgan fingerprint density at radius 2 is 2.09 bits per heavy atom. The molecule has 1 aliphatic heterocycles. The summed E-state index contributed by atoms with van der Waals surface area (Å²) in [5.74, 6) is -0.973. The Bertz CT molecular complexity index is 669. The highest BCUT2D eigenvalue weighted by molar-refractivity contribution is 5.96. The van der Waals surface area contributed by atoms with Crippen LogP contribution >= 0.6 is 0 Å². The molecule has 0 aliphatic carbocycles. The topological polar surface area (TPSA) is 106 Å². The molecule has 0 spiro atoms. The first-order valence-electron chi connectivity index (χ1n) is 6.86. The fourth-order valence-corrected chi connectivity index (χ4v) is 1.88. The monoisotopic (exact) mass is 319 g/mol. The Hall–Kier alpha value is -3.03. The van der Waals surface area contributed by atoms with E-state index in [1.807, 2.05) is 13.0 Å². The number of hydrazine groups is 1. The van der Waals surface area contributed by atoms with Crippen molar-refractivity contribution in [3.63, 3.8) is 0 Å². The molecular formula is C15H17N3O5. The average molecular weight is 319 g/mol. The van der Waals surface area contributed by atoms with E-state index in [2.05, 4.69) is 16.2 Å². The fraction of sp³-hybridized carbons (Fsp3) is 0.267. The number of anilines is 1. The van der Waals surface area contributed by atoms with Crippen LogP contribution in [0.15, 0.2) is 30.0 Å². The van der Waals surface area contributed by atoms with Crippen LogP contribution in [0.25, 0.3) is 0 Å². The van der Waals surface area contributed by atoms with Crippen LogP contribution in [-0.4, -0.2) is 31.5 Å². The normalized spacial score (nSPS) is 13.3. The Labute approximate surface area is 132 Å². The molecule has 2 amide bonds.